The molecule has 1 aliphatic carbocycles. The number of aromatic nitrogens is 3. The van der Waals surface area contributed by atoms with Crippen LogP contribution in [0, 0.1) is 17.6 Å². The molecule has 2 aliphatic rings. The first-order valence-electron chi connectivity index (χ1n) is 10.3. The summed E-state index contributed by atoms with van der Waals surface area (Å²) in [5.74, 6) is 0.753. The highest BCUT2D eigenvalue weighted by Crippen LogP contribution is 2.40. The van der Waals surface area contributed by atoms with Crippen LogP contribution >= 0.6 is 11.6 Å². The van der Waals surface area contributed by atoms with Crippen molar-refractivity contribution >= 4 is 22.9 Å². The highest BCUT2D eigenvalue weighted by Gasteiger charge is 2.29. The Bertz CT molecular complexity index is 1090. The lowest BCUT2D eigenvalue weighted by atomic mass is 9.88. The van der Waals surface area contributed by atoms with Gasteiger partial charge in [-0.2, -0.15) is 0 Å². The fourth-order valence-electron chi connectivity index (χ4n) is 4.46. The monoisotopic (exact) mass is 432 g/mol. The second-order valence-electron chi connectivity index (χ2n) is 8.24. The van der Waals surface area contributed by atoms with Crippen LogP contribution in [0.3, 0.4) is 0 Å². The summed E-state index contributed by atoms with van der Waals surface area (Å²) >= 11 is 6.70. The van der Waals surface area contributed by atoms with Crippen molar-refractivity contribution < 1.29 is 13.5 Å². The Morgan fingerprint density at radius 1 is 1.13 bits per heavy atom. The number of halogens is 3. The molecule has 0 radical (unpaired) electrons. The minimum atomic E-state index is -0.625. The normalized spacial score (nSPS) is 17.7. The van der Waals surface area contributed by atoms with Crippen molar-refractivity contribution in [3.8, 4) is 5.75 Å². The third-order valence-electron chi connectivity index (χ3n) is 6.26. The summed E-state index contributed by atoms with van der Waals surface area (Å²) in [6.07, 6.45) is 6.89. The fraction of sp³-hybridized carbons (Fsp3) is 0.455. The Morgan fingerprint density at radius 3 is 2.60 bits per heavy atom. The number of benzene rings is 1. The zero-order valence-corrected chi connectivity index (χ0v) is 17.5. The number of ether oxygens (including phenoxy) is 1. The molecule has 0 amide bonds. The molecule has 8 heteroatoms. The Kier molecular flexibility index (Phi) is 5.01. The van der Waals surface area contributed by atoms with E-state index in [1.54, 1.807) is 0 Å². The van der Waals surface area contributed by atoms with Crippen molar-refractivity contribution in [2.75, 3.05) is 25.1 Å². The number of fused-ring (bicyclic) bond motifs is 1. The Balaban J connectivity index is 1.36. The van der Waals surface area contributed by atoms with Crippen LogP contribution in [0.15, 0.2) is 24.4 Å². The molecule has 30 heavy (non-hydrogen) atoms. The summed E-state index contributed by atoms with van der Waals surface area (Å²) in [5, 5.41) is 9.24. The van der Waals surface area contributed by atoms with Crippen molar-refractivity contribution in [2.45, 2.75) is 38.0 Å². The minimum absolute atomic E-state index is 0.0301. The number of anilines is 1. The van der Waals surface area contributed by atoms with E-state index >= 15 is 0 Å². The first kappa shape index (κ1) is 19.5. The van der Waals surface area contributed by atoms with Crippen LogP contribution in [0.2, 0.25) is 5.02 Å². The average Bonchev–Trinajstić information content (AvgIpc) is 3.46. The lowest BCUT2D eigenvalue weighted by Crippen LogP contribution is -2.33. The van der Waals surface area contributed by atoms with Gasteiger partial charge in [-0.05, 0) is 43.6 Å². The summed E-state index contributed by atoms with van der Waals surface area (Å²) < 4.78 is 35.2. The third-order valence-corrected chi connectivity index (χ3v) is 6.62. The SMILES string of the molecule is COc1cc(F)cc(F)c1C1CCN(c2ccn3c(CC4CC4)nnc3c2Cl)CC1. The van der Waals surface area contributed by atoms with E-state index in [1.165, 1.54) is 26.0 Å². The van der Waals surface area contributed by atoms with Crippen LogP contribution < -0.4 is 9.64 Å². The summed E-state index contributed by atoms with van der Waals surface area (Å²) in [6.45, 7) is 1.42. The number of pyridine rings is 1. The first-order chi connectivity index (χ1) is 14.5. The fourth-order valence-corrected chi connectivity index (χ4v) is 4.77. The Morgan fingerprint density at radius 2 is 1.90 bits per heavy atom. The number of hydrogen-bond acceptors (Lipinski definition) is 4. The molecular weight excluding hydrogens is 410 g/mol. The molecular formula is C22H23ClF2N4O. The van der Waals surface area contributed by atoms with Crippen molar-refractivity contribution in [1.82, 2.24) is 14.6 Å². The smallest absolute Gasteiger partial charge is 0.181 e. The third kappa shape index (κ3) is 3.49. The minimum Gasteiger partial charge on any atom is -0.496 e. The Labute approximate surface area is 178 Å². The van der Waals surface area contributed by atoms with Crippen LogP contribution in [-0.2, 0) is 6.42 Å². The van der Waals surface area contributed by atoms with Gasteiger partial charge in [0, 0.05) is 43.4 Å². The molecule has 2 aromatic heterocycles. The van der Waals surface area contributed by atoms with Gasteiger partial charge in [-0.3, -0.25) is 4.40 Å². The van der Waals surface area contributed by atoms with E-state index in [1.807, 2.05) is 16.7 Å². The highest BCUT2D eigenvalue weighted by molar-refractivity contribution is 6.36. The van der Waals surface area contributed by atoms with Crippen LogP contribution in [-0.4, -0.2) is 34.8 Å². The van der Waals surface area contributed by atoms with Crippen LogP contribution in [0.1, 0.15) is 43.0 Å². The maximum atomic E-state index is 14.5. The number of methoxy groups -OCH3 is 1. The van der Waals surface area contributed by atoms with Crippen LogP contribution in [0.25, 0.3) is 5.65 Å². The molecule has 1 saturated carbocycles. The second kappa shape index (κ2) is 7.69. The van der Waals surface area contributed by atoms with E-state index < -0.39 is 11.6 Å². The predicted molar refractivity (Wildman–Crippen MR) is 112 cm³/mol. The maximum Gasteiger partial charge on any atom is 0.181 e. The number of hydrogen-bond donors (Lipinski definition) is 0. The van der Waals surface area contributed by atoms with E-state index in [-0.39, 0.29) is 11.7 Å². The maximum absolute atomic E-state index is 14.5. The molecule has 0 unspecified atom stereocenters. The topological polar surface area (TPSA) is 42.7 Å². The van der Waals surface area contributed by atoms with Crippen LogP contribution in [0.5, 0.6) is 5.75 Å². The van der Waals surface area contributed by atoms with Crippen LogP contribution in [0.4, 0.5) is 14.5 Å². The number of nitrogens with zero attached hydrogens (tertiary/aromatic N) is 4. The summed E-state index contributed by atoms with van der Waals surface area (Å²) in [4.78, 5) is 2.20. The van der Waals surface area contributed by atoms with Gasteiger partial charge in [0.2, 0.25) is 0 Å². The average molecular weight is 433 g/mol. The zero-order valence-electron chi connectivity index (χ0n) is 16.7. The van der Waals surface area contributed by atoms with Crippen molar-refractivity contribution in [3.63, 3.8) is 0 Å². The lowest BCUT2D eigenvalue weighted by molar-refractivity contribution is 0.383. The van der Waals surface area contributed by atoms with Gasteiger partial charge in [0.05, 0.1) is 12.8 Å². The largest absolute Gasteiger partial charge is 0.496 e. The van der Waals surface area contributed by atoms with E-state index in [9.17, 15) is 8.78 Å². The molecule has 3 aromatic rings. The quantitative estimate of drug-likeness (QED) is 0.568. The van der Waals surface area contributed by atoms with Gasteiger partial charge >= 0.3 is 0 Å². The highest BCUT2D eigenvalue weighted by atomic mass is 35.5. The van der Waals surface area contributed by atoms with Gasteiger partial charge in [-0.25, -0.2) is 8.78 Å². The molecule has 158 valence electrons. The molecule has 1 saturated heterocycles. The zero-order chi connectivity index (χ0) is 20.8. The van der Waals surface area contributed by atoms with E-state index in [4.69, 9.17) is 16.3 Å². The van der Waals surface area contributed by atoms with Gasteiger partial charge in [0.25, 0.3) is 0 Å². The molecule has 5 nitrogen and oxygen atoms in total. The molecule has 3 heterocycles. The molecule has 0 spiro atoms. The van der Waals surface area contributed by atoms with Gasteiger partial charge in [0.1, 0.15) is 28.2 Å². The molecule has 1 aliphatic heterocycles. The first-order valence-corrected chi connectivity index (χ1v) is 10.7. The molecule has 5 rings (SSSR count). The Hall–Kier alpha value is -2.41. The summed E-state index contributed by atoms with van der Waals surface area (Å²) in [7, 11) is 1.44. The molecule has 0 bridgehead atoms. The van der Waals surface area contributed by atoms with Gasteiger partial charge in [0.15, 0.2) is 5.65 Å². The molecule has 2 fully saturated rings. The predicted octanol–water partition coefficient (Wildman–Crippen LogP) is 5.01. The second-order valence-corrected chi connectivity index (χ2v) is 8.62. The van der Waals surface area contributed by atoms with Crippen molar-refractivity contribution in [2.24, 2.45) is 5.92 Å². The molecule has 1 aromatic carbocycles. The van der Waals surface area contributed by atoms with E-state index in [2.05, 4.69) is 15.1 Å². The molecule has 0 atom stereocenters. The molecule has 0 N–H and O–H groups in total. The van der Waals surface area contributed by atoms with Gasteiger partial charge in [-0.15, -0.1) is 10.2 Å². The number of rotatable bonds is 5. The van der Waals surface area contributed by atoms with Crippen molar-refractivity contribution in [3.05, 3.63) is 52.4 Å². The van der Waals surface area contributed by atoms with Crippen molar-refractivity contribution in [1.29, 1.82) is 0 Å². The summed E-state index contributed by atoms with van der Waals surface area (Å²) in [5.41, 5.74) is 2.06. The standard InChI is InChI=1S/C22H23ClF2N4O/c1-30-18-12-15(24)11-16(25)20(18)14-4-7-28(8-5-14)17-6-9-29-19(10-13-2-3-13)26-27-22(29)21(17)23/h6,9,11-14H,2-5,7-8,10H2,1H3. The van der Waals surface area contributed by atoms with Gasteiger partial charge in [-0.1, -0.05) is 11.6 Å². The van der Waals surface area contributed by atoms with E-state index in [0.29, 0.717) is 29.3 Å². The van der Waals surface area contributed by atoms with E-state index in [0.717, 1.165) is 42.8 Å². The number of piperidine rings is 1. The summed E-state index contributed by atoms with van der Waals surface area (Å²) in [6, 6.07) is 4.19. The lowest BCUT2D eigenvalue weighted by Gasteiger charge is -2.34. The van der Waals surface area contributed by atoms with Gasteiger partial charge < -0.3 is 9.64 Å².